The first-order valence-corrected chi connectivity index (χ1v) is 11.7. The molecule has 6 nitrogen and oxygen atoms in total. The molecule has 3 aromatic carbocycles. The normalized spacial score (nSPS) is 14.3. The highest BCUT2D eigenvalue weighted by molar-refractivity contribution is 6.33. The lowest BCUT2D eigenvalue weighted by Gasteiger charge is -2.35. The standard InChI is InChI=1S/C27H25ClFN3O3/c28-23-17-21(29)11-12-22(23)27(35)32-15-13-31(14-16-32)25(33)18-24(19-7-3-1-4-8-19)30-26(34)20-9-5-2-6-10-20/h1-12,17,24H,13-16,18H2,(H,30,34). The van der Waals surface area contributed by atoms with Gasteiger partial charge in [0.25, 0.3) is 11.8 Å². The third kappa shape index (κ3) is 6.05. The molecular formula is C27H25ClFN3O3. The van der Waals surface area contributed by atoms with Gasteiger partial charge < -0.3 is 15.1 Å². The van der Waals surface area contributed by atoms with E-state index >= 15 is 0 Å². The van der Waals surface area contributed by atoms with Gasteiger partial charge in [-0.25, -0.2) is 4.39 Å². The van der Waals surface area contributed by atoms with Gasteiger partial charge in [0.1, 0.15) is 5.82 Å². The Labute approximate surface area is 208 Å². The molecule has 0 aromatic heterocycles. The number of carbonyl (C=O) groups excluding carboxylic acids is 3. The summed E-state index contributed by atoms with van der Waals surface area (Å²) in [5.74, 6) is -1.16. The molecule has 0 bridgehead atoms. The van der Waals surface area contributed by atoms with E-state index in [0.717, 1.165) is 11.6 Å². The van der Waals surface area contributed by atoms with E-state index < -0.39 is 11.9 Å². The number of carbonyl (C=O) groups is 3. The minimum Gasteiger partial charge on any atom is -0.345 e. The fourth-order valence-corrected chi connectivity index (χ4v) is 4.31. The van der Waals surface area contributed by atoms with E-state index in [4.69, 9.17) is 11.6 Å². The third-order valence-corrected chi connectivity index (χ3v) is 6.32. The SMILES string of the molecule is O=C(NC(CC(=O)N1CCN(C(=O)c2ccc(F)cc2Cl)CC1)c1ccccc1)c1ccccc1. The van der Waals surface area contributed by atoms with Gasteiger partial charge in [0.2, 0.25) is 5.91 Å². The monoisotopic (exact) mass is 493 g/mol. The summed E-state index contributed by atoms with van der Waals surface area (Å²) >= 11 is 6.04. The number of benzene rings is 3. The molecule has 1 atom stereocenters. The molecule has 0 radical (unpaired) electrons. The van der Waals surface area contributed by atoms with Gasteiger partial charge in [-0.15, -0.1) is 0 Å². The van der Waals surface area contributed by atoms with Crippen LogP contribution in [0.1, 0.15) is 38.7 Å². The maximum absolute atomic E-state index is 13.3. The van der Waals surface area contributed by atoms with Crippen molar-refractivity contribution in [2.75, 3.05) is 26.2 Å². The number of hydrogen-bond acceptors (Lipinski definition) is 3. The van der Waals surface area contributed by atoms with Crippen molar-refractivity contribution in [3.05, 3.63) is 106 Å². The van der Waals surface area contributed by atoms with Crippen LogP contribution in [0, 0.1) is 5.82 Å². The van der Waals surface area contributed by atoms with Gasteiger partial charge in [-0.3, -0.25) is 14.4 Å². The second-order valence-corrected chi connectivity index (χ2v) is 8.71. The van der Waals surface area contributed by atoms with Gasteiger partial charge in [0.05, 0.1) is 23.0 Å². The van der Waals surface area contributed by atoms with Crippen molar-refractivity contribution >= 4 is 29.3 Å². The molecule has 1 unspecified atom stereocenters. The van der Waals surface area contributed by atoms with Crippen molar-refractivity contribution < 1.29 is 18.8 Å². The van der Waals surface area contributed by atoms with Gasteiger partial charge in [0, 0.05) is 31.7 Å². The Kier molecular flexibility index (Phi) is 7.77. The Morgan fingerprint density at radius 3 is 2.09 bits per heavy atom. The van der Waals surface area contributed by atoms with Crippen LogP contribution in [0.5, 0.6) is 0 Å². The molecule has 0 spiro atoms. The highest BCUT2D eigenvalue weighted by Gasteiger charge is 2.28. The van der Waals surface area contributed by atoms with E-state index in [9.17, 15) is 18.8 Å². The van der Waals surface area contributed by atoms with Crippen LogP contribution in [0.2, 0.25) is 5.02 Å². The molecule has 1 aliphatic heterocycles. The van der Waals surface area contributed by atoms with Crippen molar-refractivity contribution in [1.29, 1.82) is 0 Å². The molecule has 1 fully saturated rings. The first-order chi connectivity index (χ1) is 16.9. The lowest BCUT2D eigenvalue weighted by Crippen LogP contribution is -2.51. The Bertz CT molecular complexity index is 1200. The fourth-order valence-electron chi connectivity index (χ4n) is 4.06. The summed E-state index contributed by atoms with van der Waals surface area (Å²) in [7, 11) is 0. The molecule has 3 amide bonds. The maximum Gasteiger partial charge on any atom is 0.255 e. The number of hydrogen-bond donors (Lipinski definition) is 1. The lowest BCUT2D eigenvalue weighted by molar-refractivity contribution is -0.133. The summed E-state index contributed by atoms with van der Waals surface area (Å²) in [4.78, 5) is 42.0. The zero-order chi connectivity index (χ0) is 24.8. The van der Waals surface area contributed by atoms with Crippen molar-refractivity contribution in [3.8, 4) is 0 Å². The molecule has 4 rings (SSSR count). The predicted molar refractivity (Wildman–Crippen MR) is 132 cm³/mol. The van der Waals surface area contributed by atoms with Crippen molar-refractivity contribution in [2.45, 2.75) is 12.5 Å². The van der Waals surface area contributed by atoms with E-state index in [1.807, 2.05) is 36.4 Å². The Morgan fingerprint density at radius 1 is 0.857 bits per heavy atom. The number of rotatable bonds is 6. The Hall–Kier alpha value is -3.71. The number of halogens is 2. The summed E-state index contributed by atoms with van der Waals surface area (Å²) in [6.07, 6.45) is 0.0975. The summed E-state index contributed by atoms with van der Waals surface area (Å²) in [5.41, 5.74) is 1.60. The highest BCUT2D eigenvalue weighted by Crippen LogP contribution is 2.22. The minimum absolute atomic E-state index is 0.0633. The van der Waals surface area contributed by atoms with Crippen molar-refractivity contribution in [1.82, 2.24) is 15.1 Å². The zero-order valence-corrected chi connectivity index (χ0v) is 19.7. The zero-order valence-electron chi connectivity index (χ0n) is 19.0. The highest BCUT2D eigenvalue weighted by atomic mass is 35.5. The van der Waals surface area contributed by atoms with Gasteiger partial charge in [-0.05, 0) is 35.9 Å². The van der Waals surface area contributed by atoms with E-state index in [0.29, 0.717) is 31.7 Å². The van der Waals surface area contributed by atoms with E-state index in [1.165, 1.54) is 12.1 Å². The summed E-state index contributed by atoms with van der Waals surface area (Å²) < 4.78 is 13.3. The molecule has 35 heavy (non-hydrogen) atoms. The van der Waals surface area contributed by atoms with Crippen LogP contribution >= 0.6 is 11.6 Å². The molecule has 1 aliphatic rings. The third-order valence-electron chi connectivity index (χ3n) is 6.00. The second kappa shape index (κ2) is 11.1. The van der Waals surface area contributed by atoms with Gasteiger partial charge >= 0.3 is 0 Å². The molecule has 0 saturated carbocycles. The molecular weight excluding hydrogens is 469 g/mol. The first-order valence-electron chi connectivity index (χ1n) is 11.4. The topological polar surface area (TPSA) is 69.7 Å². The summed E-state index contributed by atoms with van der Waals surface area (Å²) in [5, 5.41) is 3.05. The largest absolute Gasteiger partial charge is 0.345 e. The second-order valence-electron chi connectivity index (χ2n) is 8.30. The van der Waals surface area contributed by atoms with Crippen molar-refractivity contribution in [3.63, 3.8) is 0 Å². The number of amides is 3. The van der Waals surface area contributed by atoms with E-state index in [2.05, 4.69) is 5.32 Å². The Morgan fingerprint density at radius 2 is 1.46 bits per heavy atom. The number of nitrogens with zero attached hydrogens (tertiary/aromatic N) is 2. The van der Waals surface area contributed by atoms with Crippen molar-refractivity contribution in [2.24, 2.45) is 0 Å². The fraction of sp³-hybridized carbons (Fsp3) is 0.222. The minimum atomic E-state index is -0.505. The quantitative estimate of drug-likeness (QED) is 0.556. The summed E-state index contributed by atoms with van der Waals surface area (Å²) in [6, 6.07) is 21.4. The average Bonchev–Trinajstić information content (AvgIpc) is 2.89. The van der Waals surface area contributed by atoms with Crippen LogP contribution in [0.25, 0.3) is 0 Å². The molecule has 3 aromatic rings. The molecule has 0 aliphatic carbocycles. The number of piperazine rings is 1. The Balaban J connectivity index is 1.39. The van der Waals surface area contributed by atoms with E-state index in [1.54, 1.807) is 34.1 Å². The van der Waals surface area contributed by atoms with Crippen LogP contribution in [0.3, 0.4) is 0 Å². The maximum atomic E-state index is 13.3. The molecule has 1 heterocycles. The van der Waals surface area contributed by atoms with Crippen LogP contribution in [-0.4, -0.2) is 53.7 Å². The molecule has 1 N–H and O–H groups in total. The smallest absolute Gasteiger partial charge is 0.255 e. The molecule has 1 saturated heterocycles. The predicted octanol–water partition coefficient (Wildman–Crippen LogP) is 4.32. The molecule has 8 heteroatoms. The van der Waals surface area contributed by atoms with Gasteiger partial charge in [-0.2, -0.15) is 0 Å². The summed E-state index contributed by atoms with van der Waals surface area (Å²) in [6.45, 7) is 1.39. The van der Waals surface area contributed by atoms with Crippen LogP contribution in [0.15, 0.2) is 78.9 Å². The average molecular weight is 494 g/mol. The van der Waals surface area contributed by atoms with Gasteiger partial charge in [0.15, 0.2) is 0 Å². The first kappa shape index (κ1) is 24.4. The van der Waals surface area contributed by atoms with E-state index in [-0.39, 0.29) is 34.7 Å². The molecule has 180 valence electrons. The van der Waals surface area contributed by atoms with Crippen LogP contribution in [-0.2, 0) is 4.79 Å². The van der Waals surface area contributed by atoms with Crippen LogP contribution in [0.4, 0.5) is 4.39 Å². The lowest BCUT2D eigenvalue weighted by atomic mass is 10.0. The van der Waals surface area contributed by atoms with Crippen LogP contribution < -0.4 is 5.32 Å². The number of nitrogens with one attached hydrogen (secondary N) is 1. The van der Waals surface area contributed by atoms with Gasteiger partial charge in [-0.1, -0.05) is 60.1 Å².